The molecule has 3 aliphatic heterocycles. The minimum atomic E-state index is -0.376. The molecule has 4 nitrogen and oxygen atoms in total. The second-order valence-corrected chi connectivity index (χ2v) is 7.12. The van der Waals surface area contributed by atoms with Gasteiger partial charge in [-0.2, -0.15) is 0 Å². The molecule has 25 heavy (non-hydrogen) atoms. The number of hydrogen-bond acceptors (Lipinski definition) is 4. The van der Waals surface area contributed by atoms with Gasteiger partial charge in [0, 0.05) is 17.8 Å². The Hall–Kier alpha value is -2.20. The van der Waals surface area contributed by atoms with Gasteiger partial charge in [0.1, 0.15) is 5.60 Å². The van der Waals surface area contributed by atoms with Crippen LogP contribution in [0, 0.1) is 0 Å². The van der Waals surface area contributed by atoms with Gasteiger partial charge in [-0.25, -0.2) is 0 Å². The summed E-state index contributed by atoms with van der Waals surface area (Å²) in [5.41, 5.74) is 4.67. The summed E-state index contributed by atoms with van der Waals surface area (Å²) < 4.78 is 17.6. The van der Waals surface area contributed by atoms with Crippen LogP contribution in [0.3, 0.4) is 0 Å². The largest absolute Gasteiger partial charge is 0.454 e. The fraction of sp³-hybridized carbons (Fsp3) is 0.429. The van der Waals surface area contributed by atoms with Crippen LogP contribution >= 0.6 is 0 Å². The number of ether oxygens (including phenoxy) is 3. The maximum Gasteiger partial charge on any atom is 0.231 e. The van der Waals surface area contributed by atoms with Crippen molar-refractivity contribution in [3.63, 3.8) is 0 Å². The summed E-state index contributed by atoms with van der Waals surface area (Å²) in [6.45, 7) is 5.14. The van der Waals surface area contributed by atoms with E-state index in [0.29, 0.717) is 13.4 Å². The first-order valence-corrected chi connectivity index (χ1v) is 9.23. The Morgan fingerprint density at radius 1 is 1.04 bits per heavy atom. The normalized spacial score (nSPS) is 22.5. The zero-order chi connectivity index (χ0) is 16.9. The number of para-hydroxylation sites is 1. The van der Waals surface area contributed by atoms with Crippen molar-refractivity contribution in [1.29, 1.82) is 0 Å². The van der Waals surface area contributed by atoms with Crippen LogP contribution in [0.15, 0.2) is 36.4 Å². The molecule has 1 atom stereocenters. The third-order valence-corrected chi connectivity index (χ3v) is 5.63. The van der Waals surface area contributed by atoms with Crippen molar-refractivity contribution in [2.75, 3.05) is 24.8 Å². The average Bonchev–Trinajstić information content (AvgIpc) is 3.32. The molecule has 1 spiro atoms. The van der Waals surface area contributed by atoms with Crippen LogP contribution in [0.4, 0.5) is 5.69 Å². The van der Waals surface area contributed by atoms with Gasteiger partial charge in [-0.3, -0.25) is 0 Å². The number of nitrogens with zero attached hydrogens (tertiary/aromatic N) is 1. The molecule has 0 bridgehead atoms. The van der Waals surface area contributed by atoms with Gasteiger partial charge in [0.25, 0.3) is 0 Å². The zero-order valence-electron chi connectivity index (χ0n) is 14.6. The van der Waals surface area contributed by atoms with Crippen molar-refractivity contribution >= 4 is 5.69 Å². The van der Waals surface area contributed by atoms with Gasteiger partial charge in [0.2, 0.25) is 6.79 Å². The molecule has 1 unspecified atom stereocenters. The Morgan fingerprint density at radius 2 is 1.88 bits per heavy atom. The third-order valence-electron chi connectivity index (χ3n) is 5.63. The molecule has 0 aromatic heterocycles. The van der Waals surface area contributed by atoms with Gasteiger partial charge in [-0.05, 0) is 35.7 Å². The Bertz CT molecular complexity index is 819. The lowest BCUT2D eigenvalue weighted by molar-refractivity contribution is 0.00724. The van der Waals surface area contributed by atoms with Crippen LogP contribution in [0.2, 0.25) is 0 Å². The van der Waals surface area contributed by atoms with Crippen molar-refractivity contribution in [3.8, 4) is 11.5 Å². The molecule has 0 radical (unpaired) electrons. The number of unbranched alkanes of at least 4 members (excludes halogenated alkanes) is 2. The fourth-order valence-corrected chi connectivity index (χ4v) is 4.39. The summed E-state index contributed by atoms with van der Waals surface area (Å²) in [6.07, 6.45) is 3.72. The van der Waals surface area contributed by atoms with E-state index >= 15 is 0 Å². The van der Waals surface area contributed by atoms with Gasteiger partial charge in [0.05, 0.1) is 13.2 Å². The van der Waals surface area contributed by atoms with Crippen LogP contribution in [0.1, 0.15) is 42.9 Å². The van der Waals surface area contributed by atoms with E-state index in [4.69, 9.17) is 14.2 Å². The molecular formula is C21H23NO3. The predicted molar refractivity (Wildman–Crippen MR) is 96.3 cm³/mol. The molecular weight excluding hydrogens is 314 g/mol. The second kappa shape index (κ2) is 5.67. The highest BCUT2D eigenvalue weighted by molar-refractivity contribution is 5.67. The molecule has 0 fully saturated rings. The molecule has 4 heteroatoms. The van der Waals surface area contributed by atoms with Gasteiger partial charge in [0.15, 0.2) is 11.5 Å². The van der Waals surface area contributed by atoms with E-state index in [0.717, 1.165) is 24.6 Å². The van der Waals surface area contributed by atoms with Crippen LogP contribution in [-0.4, -0.2) is 19.9 Å². The van der Waals surface area contributed by atoms with Gasteiger partial charge >= 0.3 is 0 Å². The molecule has 130 valence electrons. The Morgan fingerprint density at radius 3 is 2.76 bits per heavy atom. The monoisotopic (exact) mass is 337 g/mol. The minimum Gasteiger partial charge on any atom is -0.454 e. The highest BCUT2D eigenvalue weighted by atomic mass is 16.7. The van der Waals surface area contributed by atoms with E-state index in [9.17, 15) is 0 Å². The first kappa shape index (κ1) is 15.1. The topological polar surface area (TPSA) is 30.9 Å². The van der Waals surface area contributed by atoms with Gasteiger partial charge in [-0.1, -0.05) is 38.0 Å². The van der Waals surface area contributed by atoms with Crippen molar-refractivity contribution in [2.24, 2.45) is 0 Å². The summed E-state index contributed by atoms with van der Waals surface area (Å²) >= 11 is 0. The Labute approximate surface area is 148 Å². The summed E-state index contributed by atoms with van der Waals surface area (Å²) in [4.78, 5) is 2.49. The van der Waals surface area contributed by atoms with E-state index in [1.165, 1.54) is 41.6 Å². The van der Waals surface area contributed by atoms with Crippen LogP contribution in [-0.2, 0) is 16.9 Å². The van der Waals surface area contributed by atoms with E-state index < -0.39 is 0 Å². The Balaban J connectivity index is 1.57. The molecule has 2 aromatic carbocycles. The zero-order valence-corrected chi connectivity index (χ0v) is 14.6. The second-order valence-electron chi connectivity index (χ2n) is 7.12. The van der Waals surface area contributed by atoms with Crippen molar-refractivity contribution in [1.82, 2.24) is 0 Å². The number of rotatable bonds is 4. The number of hydrogen-bond donors (Lipinski definition) is 0. The lowest BCUT2D eigenvalue weighted by Crippen LogP contribution is -2.34. The first-order chi connectivity index (χ1) is 12.3. The molecule has 5 rings (SSSR count). The maximum atomic E-state index is 6.46. The fourth-order valence-electron chi connectivity index (χ4n) is 4.39. The molecule has 0 amide bonds. The van der Waals surface area contributed by atoms with Crippen molar-refractivity contribution in [3.05, 3.63) is 53.1 Å². The molecule has 0 N–H and O–H groups in total. The standard InChI is InChI=1S/C21H23NO3/c1-2-3-6-9-22-13-21(16-7-4-5-8-18(16)22)17-11-20-19(23-14-24-20)10-15(17)12-25-21/h4-5,7-8,10-11H,2-3,6,9,12-14H2,1H3. The number of anilines is 1. The van der Waals surface area contributed by atoms with E-state index in [1.54, 1.807) is 0 Å². The van der Waals surface area contributed by atoms with Crippen molar-refractivity contribution in [2.45, 2.75) is 38.4 Å². The molecule has 0 saturated heterocycles. The maximum absolute atomic E-state index is 6.46. The quantitative estimate of drug-likeness (QED) is 0.783. The molecule has 2 aromatic rings. The smallest absolute Gasteiger partial charge is 0.231 e. The van der Waals surface area contributed by atoms with Crippen LogP contribution < -0.4 is 14.4 Å². The lowest BCUT2D eigenvalue weighted by atomic mass is 9.87. The first-order valence-electron chi connectivity index (χ1n) is 9.23. The third kappa shape index (κ3) is 2.17. The van der Waals surface area contributed by atoms with E-state index in [1.807, 2.05) is 0 Å². The predicted octanol–water partition coefficient (Wildman–Crippen LogP) is 4.20. The van der Waals surface area contributed by atoms with Crippen LogP contribution in [0.25, 0.3) is 0 Å². The average molecular weight is 337 g/mol. The lowest BCUT2D eigenvalue weighted by Gasteiger charge is -2.26. The van der Waals surface area contributed by atoms with Crippen molar-refractivity contribution < 1.29 is 14.2 Å². The molecule has 0 aliphatic carbocycles. The van der Waals surface area contributed by atoms with Gasteiger partial charge in [-0.15, -0.1) is 0 Å². The highest BCUT2D eigenvalue weighted by Gasteiger charge is 2.49. The van der Waals surface area contributed by atoms with Gasteiger partial charge < -0.3 is 19.1 Å². The van der Waals surface area contributed by atoms with Crippen LogP contribution in [0.5, 0.6) is 11.5 Å². The molecule has 0 saturated carbocycles. The SMILES string of the molecule is CCCCCN1CC2(OCc3cc4c(cc32)OCO4)c2ccccc21. The summed E-state index contributed by atoms with van der Waals surface area (Å²) in [7, 11) is 0. The molecule has 3 heterocycles. The van der Waals surface area contributed by atoms with E-state index in [-0.39, 0.29) is 5.60 Å². The summed E-state index contributed by atoms with van der Waals surface area (Å²) in [5, 5.41) is 0. The number of fused-ring (bicyclic) bond motifs is 5. The van der Waals surface area contributed by atoms with E-state index in [2.05, 4.69) is 48.2 Å². The Kier molecular flexibility index (Phi) is 3.42. The summed E-state index contributed by atoms with van der Waals surface area (Å²) in [6, 6.07) is 12.9. The summed E-state index contributed by atoms with van der Waals surface area (Å²) in [5.74, 6) is 1.68. The minimum absolute atomic E-state index is 0.311. The number of benzene rings is 2. The molecule has 3 aliphatic rings. The highest BCUT2D eigenvalue weighted by Crippen LogP contribution is 2.53.